The molecule has 0 atom stereocenters. The van der Waals surface area contributed by atoms with E-state index in [1.807, 2.05) is 0 Å². The zero-order valence-corrected chi connectivity index (χ0v) is 20.8. The smallest absolute Gasteiger partial charge is 0.0575 e. The summed E-state index contributed by atoms with van der Waals surface area (Å²) >= 11 is 0. The molecule has 0 amide bonds. The molecule has 0 radical (unpaired) electrons. The van der Waals surface area contributed by atoms with Crippen molar-refractivity contribution in [1.29, 1.82) is 0 Å². The average molecular weight is 427 g/mol. The molecule has 0 bridgehead atoms. The Kier molecular flexibility index (Phi) is 11.5. The minimum Gasteiger partial charge on any atom is -0.378 e. The lowest BCUT2D eigenvalue weighted by atomic mass is 9.78. The van der Waals surface area contributed by atoms with Crippen LogP contribution in [0.4, 0.5) is 0 Å². The molecule has 1 aromatic rings. The van der Waals surface area contributed by atoms with Crippen LogP contribution in [0, 0.1) is 11.8 Å². The molecule has 1 nitrogen and oxygen atoms in total. The van der Waals surface area contributed by atoms with Crippen LogP contribution in [0.25, 0.3) is 0 Å². The number of hydrogen-bond donors (Lipinski definition) is 0. The van der Waals surface area contributed by atoms with Crippen molar-refractivity contribution in [3.63, 3.8) is 0 Å². The largest absolute Gasteiger partial charge is 0.378 e. The van der Waals surface area contributed by atoms with E-state index in [1.54, 1.807) is 5.56 Å². The Balaban J connectivity index is 1.24. The Hall–Kier alpha value is -0.820. The van der Waals surface area contributed by atoms with Crippen molar-refractivity contribution in [2.24, 2.45) is 11.8 Å². The van der Waals surface area contributed by atoms with Crippen LogP contribution in [0.5, 0.6) is 0 Å². The summed E-state index contributed by atoms with van der Waals surface area (Å²) in [7, 11) is 0. The molecule has 2 fully saturated rings. The SMILES string of the molecule is CCCCCc1ccc([C@H]2CC[C@H](OCCC[C@H]3CC[C@H](CCCC)CC3)CC2)cc1. The van der Waals surface area contributed by atoms with Gasteiger partial charge in [0.25, 0.3) is 0 Å². The van der Waals surface area contributed by atoms with Gasteiger partial charge in [0.15, 0.2) is 0 Å². The summed E-state index contributed by atoms with van der Waals surface area (Å²) in [6.45, 7) is 5.60. The fourth-order valence-corrected chi connectivity index (χ4v) is 6.02. The molecule has 31 heavy (non-hydrogen) atoms. The van der Waals surface area contributed by atoms with Crippen molar-refractivity contribution in [1.82, 2.24) is 0 Å². The lowest BCUT2D eigenvalue weighted by Gasteiger charge is -2.30. The summed E-state index contributed by atoms with van der Waals surface area (Å²) in [4.78, 5) is 0. The summed E-state index contributed by atoms with van der Waals surface area (Å²) in [5.41, 5.74) is 3.08. The van der Waals surface area contributed by atoms with Crippen LogP contribution in [-0.4, -0.2) is 12.7 Å². The van der Waals surface area contributed by atoms with Crippen LogP contribution in [0.15, 0.2) is 24.3 Å². The van der Waals surface area contributed by atoms with Crippen molar-refractivity contribution in [3.8, 4) is 0 Å². The minimum absolute atomic E-state index is 0.523. The first kappa shape index (κ1) is 24.8. The molecule has 176 valence electrons. The number of unbranched alkanes of at least 4 members (excludes halogenated alkanes) is 3. The van der Waals surface area contributed by atoms with Crippen LogP contribution < -0.4 is 0 Å². The van der Waals surface area contributed by atoms with Crippen molar-refractivity contribution in [3.05, 3.63) is 35.4 Å². The van der Waals surface area contributed by atoms with Crippen LogP contribution in [0.1, 0.15) is 134 Å². The Bertz CT molecular complexity index is 561. The van der Waals surface area contributed by atoms with Crippen LogP contribution in [-0.2, 0) is 11.2 Å². The van der Waals surface area contributed by atoms with Crippen LogP contribution in [0.2, 0.25) is 0 Å². The van der Waals surface area contributed by atoms with E-state index >= 15 is 0 Å². The topological polar surface area (TPSA) is 9.23 Å². The summed E-state index contributed by atoms with van der Waals surface area (Å²) in [6, 6.07) is 9.57. The van der Waals surface area contributed by atoms with E-state index in [0.717, 1.165) is 24.4 Å². The molecule has 2 saturated carbocycles. The lowest BCUT2D eigenvalue weighted by Crippen LogP contribution is -2.21. The third kappa shape index (κ3) is 8.91. The van der Waals surface area contributed by atoms with Gasteiger partial charge >= 0.3 is 0 Å². The van der Waals surface area contributed by atoms with Crippen molar-refractivity contribution >= 4 is 0 Å². The maximum absolute atomic E-state index is 6.31. The summed E-state index contributed by atoms with van der Waals surface area (Å²) < 4.78 is 6.31. The predicted octanol–water partition coefficient (Wildman–Crippen LogP) is 9.24. The molecular formula is C30H50O. The van der Waals surface area contributed by atoms with E-state index in [9.17, 15) is 0 Å². The number of benzene rings is 1. The highest BCUT2D eigenvalue weighted by atomic mass is 16.5. The highest BCUT2D eigenvalue weighted by Crippen LogP contribution is 2.36. The van der Waals surface area contributed by atoms with Crippen molar-refractivity contribution < 1.29 is 4.74 Å². The van der Waals surface area contributed by atoms with Gasteiger partial charge in [-0.1, -0.05) is 95.9 Å². The number of rotatable bonds is 13. The van der Waals surface area contributed by atoms with Crippen LogP contribution in [0.3, 0.4) is 0 Å². The number of aryl methyl sites for hydroxylation is 1. The molecule has 0 saturated heterocycles. The Morgan fingerprint density at radius 3 is 1.90 bits per heavy atom. The van der Waals surface area contributed by atoms with Gasteiger partial charge in [0.1, 0.15) is 0 Å². The summed E-state index contributed by atoms with van der Waals surface area (Å²) in [5, 5.41) is 0. The standard InChI is InChI=1S/C30H50O/c1-3-5-7-10-26-16-18-28(19-17-26)29-20-22-30(23-21-29)31-24-8-11-27-14-12-25(13-15-27)9-6-4-2/h16-19,25,27,29-30H,3-15,20-24H2,1-2H3/t25-,27-,29-,30-. The third-order valence-electron chi connectivity index (χ3n) is 8.24. The van der Waals surface area contributed by atoms with Gasteiger partial charge in [0.05, 0.1) is 6.10 Å². The number of hydrogen-bond acceptors (Lipinski definition) is 1. The van der Waals surface area contributed by atoms with Gasteiger partial charge in [-0.05, 0) is 80.2 Å². The second-order valence-electron chi connectivity index (χ2n) is 10.7. The molecule has 3 rings (SSSR count). The Labute approximate surface area is 193 Å². The Morgan fingerprint density at radius 1 is 0.677 bits per heavy atom. The summed E-state index contributed by atoms with van der Waals surface area (Å²) in [5.74, 6) is 2.79. The van der Waals surface area contributed by atoms with Gasteiger partial charge in [-0.3, -0.25) is 0 Å². The zero-order valence-electron chi connectivity index (χ0n) is 20.8. The fourth-order valence-electron chi connectivity index (χ4n) is 6.02. The number of ether oxygens (including phenoxy) is 1. The molecule has 0 aromatic heterocycles. The second kappa shape index (κ2) is 14.4. The molecule has 0 N–H and O–H groups in total. The first-order valence-corrected chi connectivity index (χ1v) is 14.0. The summed E-state index contributed by atoms with van der Waals surface area (Å²) in [6.07, 6.45) is 23.8. The molecule has 2 aliphatic rings. The van der Waals surface area contributed by atoms with Gasteiger partial charge in [-0.2, -0.15) is 0 Å². The van der Waals surface area contributed by atoms with E-state index in [-0.39, 0.29) is 0 Å². The molecule has 1 aromatic carbocycles. The second-order valence-corrected chi connectivity index (χ2v) is 10.7. The van der Waals surface area contributed by atoms with Gasteiger partial charge in [0.2, 0.25) is 0 Å². The Morgan fingerprint density at radius 2 is 1.29 bits per heavy atom. The van der Waals surface area contributed by atoms with Crippen molar-refractivity contribution in [2.45, 2.75) is 135 Å². The first-order chi connectivity index (χ1) is 15.3. The van der Waals surface area contributed by atoms with E-state index < -0.39 is 0 Å². The first-order valence-electron chi connectivity index (χ1n) is 14.0. The van der Waals surface area contributed by atoms with E-state index in [4.69, 9.17) is 4.74 Å². The van der Waals surface area contributed by atoms with Gasteiger partial charge in [-0.15, -0.1) is 0 Å². The lowest BCUT2D eigenvalue weighted by molar-refractivity contribution is 0.0204. The molecule has 0 aliphatic heterocycles. The normalized spacial score (nSPS) is 26.8. The monoisotopic (exact) mass is 426 g/mol. The van der Waals surface area contributed by atoms with Crippen molar-refractivity contribution in [2.75, 3.05) is 6.61 Å². The quantitative estimate of drug-likeness (QED) is 0.285. The van der Waals surface area contributed by atoms with Gasteiger partial charge < -0.3 is 4.74 Å². The minimum atomic E-state index is 0.523. The van der Waals surface area contributed by atoms with E-state index in [2.05, 4.69) is 38.1 Å². The predicted molar refractivity (Wildman–Crippen MR) is 135 cm³/mol. The molecule has 2 aliphatic carbocycles. The van der Waals surface area contributed by atoms with Gasteiger partial charge in [0, 0.05) is 6.61 Å². The molecule has 0 heterocycles. The molecule has 0 unspecified atom stereocenters. The maximum Gasteiger partial charge on any atom is 0.0575 e. The average Bonchev–Trinajstić information content (AvgIpc) is 2.82. The highest BCUT2D eigenvalue weighted by Gasteiger charge is 2.23. The molecular weight excluding hydrogens is 376 g/mol. The van der Waals surface area contributed by atoms with E-state index in [1.165, 1.54) is 115 Å². The highest BCUT2D eigenvalue weighted by molar-refractivity contribution is 5.26. The van der Waals surface area contributed by atoms with E-state index in [0.29, 0.717) is 6.10 Å². The molecule has 0 spiro atoms. The fraction of sp³-hybridized carbons (Fsp3) is 0.800. The maximum atomic E-state index is 6.31. The third-order valence-corrected chi connectivity index (χ3v) is 8.24. The van der Waals surface area contributed by atoms with Crippen LogP contribution >= 0.6 is 0 Å². The zero-order chi connectivity index (χ0) is 21.7. The van der Waals surface area contributed by atoms with Gasteiger partial charge in [-0.25, -0.2) is 0 Å². The molecule has 1 heteroatoms.